The minimum Gasteiger partial charge on any atom is -0.504 e. The second-order valence-corrected chi connectivity index (χ2v) is 4.53. The number of phenols is 1. The van der Waals surface area contributed by atoms with Gasteiger partial charge in [0.2, 0.25) is 0 Å². The summed E-state index contributed by atoms with van der Waals surface area (Å²) in [6.45, 7) is 0.632. The fourth-order valence-corrected chi connectivity index (χ4v) is 1.91. The van der Waals surface area contributed by atoms with Crippen LogP contribution in [0.4, 0.5) is 8.78 Å². The zero-order chi connectivity index (χ0) is 15.2. The SMILES string of the molecule is COc1cc(CNCc2ccn(CC(F)F)n2)ccc1O.Cl. The van der Waals surface area contributed by atoms with Crippen molar-refractivity contribution in [3.63, 3.8) is 0 Å². The number of nitrogens with one attached hydrogen (secondary N) is 1. The third kappa shape index (κ3) is 5.16. The number of hydrogen-bond acceptors (Lipinski definition) is 4. The Morgan fingerprint density at radius 3 is 2.77 bits per heavy atom. The molecule has 2 rings (SSSR count). The molecule has 5 nitrogen and oxygen atoms in total. The van der Waals surface area contributed by atoms with Crippen LogP contribution in [0, 0.1) is 0 Å². The van der Waals surface area contributed by atoms with E-state index < -0.39 is 13.0 Å². The molecule has 0 saturated heterocycles. The van der Waals surface area contributed by atoms with Crippen LogP contribution in [0.15, 0.2) is 30.5 Å². The van der Waals surface area contributed by atoms with Gasteiger partial charge in [0.15, 0.2) is 11.5 Å². The molecule has 22 heavy (non-hydrogen) atoms. The number of rotatable bonds is 7. The number of phenolic OH excluding ortho intramolecular Hbond substituents is 1. The van der Waals surface area contributed by atoms with Crippen molar-refractivity contribution in [3.05, 3.63) is 41.7 Å². The van der Waals surface area contributed by atoms with Gasteiger partial charge in [0, 0.05) is 19.3 Å². The molecule has 0 saturated carbocycles. The van der Waals surface area contributed by atoms with Crippen molar-refractivity contribution < 1.29 is 18.6 Å². The third-order valence-corrected chi connectivity index (χ3v) is 2.90. The van der Waals surface area contributed by atoms with Crippen molar-refractivity contribution in [1.29, 1.82) is 0 Å². The van der Waals surface area contributed by atoms with Crippen molar-refractivity contribution in [3.8, 4) is 11.5 Å². The van der Waals surface area contributed by atoms with Crippen LogP contribution >= 0.6 is 12.4 Å². The number of ether oxygens (including phenoxy) is 1. The van der Waals surface area contributed by atoms with Gasteiger partial charge in [-0.2, -0.15) is 5.10 Å². The summed E-state index contributed by atoms with van der Waals surface area (Å²) in [5.41, 5.74) is 1.64. The molecule has 0 aliphatic rings. The van der Waals surface area contributed by atoms with E-state index in [0.29, 0.717) is 24.5 Å². The van der Waals surface area contributed by atoms with E-state index in [-0.39, 0.29) is 18.2 Å². The minimum absolute atomic E-state index is 0. The molecule has 2 aromatic rings. The topological polar surface area (TPSA) is 59.3 Å². The average Bonchev–Trinajstić information content (AvgIpc) is 2.87. The summed E-state index contributed by atoms with van der Waals surface area (Å²) in [6.07, 6.45) is -0.873. The number of benzene rings is 1. The highest BCUT2D eigenvalue weighted by Gasteiger charge is 2.06. The summed E-state index contributed by atoms with van der Waals surface area (Å²) in [5, 5.41) is 16.7. The van der Waals surface area contributed by atoms with Gasteiger partial charge in [-0.3, -0.25) is 4.68 Å². The van der Waals surface area contributed by atoms with Gasteiger partial charge in [-0.25, -0.2) is 8.78 Å². The maximum atomic E-state index is 12.2. The van der Waals surface area contributed by atoms with Gasteiger partial charge in [-0.05, 0) is 23.8 Å². The molecule has 0 fully saturated rings. The molecule has 1 aromatic heterocycles. The van der Waals surface area contributed by atoms with E-state index in [4.69, 9.17) is 4.74 Å². The zero-order valence-electron chi connectivity index (χ0n) is 12.0. The lowest BCUT2D eigenvalue weighted by Gasteiger charge is -2.07. The van der Waals surface area contributed by atoms with Crippen LogP contribution in [-0.2, 0) is 19.6 Å². The molecule has 0 aliphatic carbocycles. The largest absolute Gasteiger partial charge is 0.504 e. The summed E-state index contributed by atoms with van der Waals surface area (Å²) in [5.74, 6) is 0.502. The van der Waals surface area contributed by atoms with Gasteiger partial charge in [0.05, 0.1) is 12.8 Å². The lowest BCUT2D eigenvalue weighted by molar-refractivity contribution is 0.121. The fraction of sp³-hybridized carbons (Fsp3) is 0.357. The molecule has 0 aliphatic heterocycles. The predicted octanol–water partition coefficient (Wildman–Crippen LogP) is 2.57. The number of hydrogen-bond donors (Lipinski definition) is 2. The molecule has 0 radical (unpaired) electrons. The van der Waals surface area contributed by atoms with Crippen molar-refractivity contribution in [2.24, 2.45) is 0 Å². The van der Waals surface area contributed by atoms with Crippen molar-refractivity contribution in [2.75, 3.05) is 7.11 Å². The third-order valence-electron chi connectivity index (χ3n) is 2.90. The monoisotopic (exact) mass is 333 g/mol. The predicted molar refractivity (Wildman–Crippen MR) is 80.7 cm³/mol. The minimum atomic E-state index is -2.41. The summed E-state index contributed by atoms with van der Waals surface area (Å²) in [7, 11) is 1.49. The summed E-state index contributed by atoms with van der Waals surface area (Å²) in [6, 6.07) is 6.78. The maximum absolute atomic E-state index is 12.2. The second-order valence-electron chi connectivity index (χ2n) is 4.53. The first-order valence-electron chi connectivity index (χ1n) is 6.45. The number of aromatic hydroxyl groups is 1. The van der Waals surface area contributed by atoms with Crippen LogP contribution in [0.1, 0.15) is 11.3 Å². The molecular formula is C14H18ClF2N3O2. The molecular weight excluding hydrogens is 316 g/mol. The highest BCUT2D eigenvalue weighted by molar-refractivity contribution is 5.85. The molecule has 122 valence electrons. The van der Waals surface area contributed by atoms with Crippen LogP contribution in [0.3, 0.4) is 0 Å². The Kier molecular flexibility index (Phi) is 7.07. The van der Waals surface area contributed by atoms with E-state index in [9.17, 15) is 13.9 Å². The molecule has 0 spiro atoms. The van der Waals surface area contributed by atoms with Crippen molar-refractivity contribution >= 4 is 12.4 Å². The van der Waals surface area contributed by atoms with Gasteiger partial charge >= 0.3 is 0 Å². The van der Waals surface area contributed by atoms with Crippen LogP contribution < -0.4 is 10.1 Å². The zero-order valence-corrected chi connectivity index (χ0v) is 12.8. The first-order chi connectivity index (χ1) is 10.1. The molecule has 0 amide bonds. The average molecular weight is 334 g/mol. The second kappa shape index (κ2) is 8.55. The van der Waals surface area contributed by atoms with Crippen molar-refractivity contribution in [1.82, 2.24) is 15.1 Å². The fourth-order valence-electron chi connectivity index (χ4n) is 1.91. The Balaban J connectivity index is 0.00000242. The van der Waals surface area contributed by atoms with E-state index in [1.807, 2.05) is 0 Å². The highest BCUT2D eigenvalue weighted by Crippen LogP contribution is 2.26. The standard InChI is InChI=1S/C14H17F2N3O2.ClH/c1-21-13-6-10(2-3-12(13)20)7-17-8-11-4-5-19(18-11)9-14(15)16;/h2-6,14,17,20H,7-9H2,1H3;1H. The number of methoxy groups -OCH3 is 1. The van der Waals surface area contributed by atoms with Gasteiger partial charge < -0.3 is 15.2 Å². The Morgan fingerprint density at radius 1 is 1.32 bits per heavy atom. The van der Waals surface area contributed by atoms with Gasteiger partial charge in [-0.15, -0.1) is 12.4 Å². The Bertz CT molecular complexity index is 593. The van der Waals surface area contributed by atoms with Crippen molar-refractivity contribution in [2.45, 2.75) is 26.1 Å². The van der Waals surface area contributed by atoms with E-state index in [1.54, 1.807) is 24.3 Å². The molecule has 0 unspecified atom stereocenters. The quantitative estimate of drug-likeness (QED) is 0.817. The first kappa shape index (κ1) is 18.2. The smallest absolute Gasteiger partial charge is 0.257 e. The highest BCUT2D eigenvalue weighted by atomic mass is 35.5. The van der Waals surface area contributed by atoms with E-state index in [2.05, 4.69) is 10.4 Å². The normalized spacial score (nSPS) is 10.5. The molecule has 1 heterocycles. The summed E-state index contributed by atoms with van der Waals surface area (Å²) < 4.78 is 30.7. The van der Waals surface area contributed by atoms with Crippen LogP contribution in [0.5, 0.6) is 11.5 Å². The molecule has 0 bridgehead atoms. The molecule has 2 N–H and O–H groups in total. The number of halogens is 3. The lowest BCUT2D eigenvalue weighted by atomic mass is 10.2. The Labute approximate surface area is 133 Å². The summed E-state index contributed by atoms with van der Waals surface area (Å²) >= 11 is 0. The Morgan fingerprint density at radius 2 is 2.09 bits per heavy atom. The van der Waals surface area contributed by atoms with E-state index in [0.717, 1.165) is 5.56 Å². The number of aromatic nitrogens is 2. The van der Waals surface area contributed by atoms with Gasteiger partial charge in [0.1, 0.15) is 6.54 Å². The van der Waals surface area contributed by atoms with Crippen LogP contribution in [0.2, 0.25) is 0 Å². The van der Waals surface area contributed by atoms with E-state index in [1.165, 1.54) is 18.0 Å². The maximum Gasteiger partial charge on any atom is 0.257 e. The van der Waals surface area contributed by atoms with Gasteiger partial charge in [0.25, 0.3) is 6.43 Å². The lowest BCUT2D eigenvalue weighted by Crippen LogP contribution is -2.14. The number of alkyl halides is 2. The number of nitrogens with zero attached hydrogens (tertiary/aromatic N) is 2. The van der Waals surface area contributed by atoms with Crippen LogP contribution in [0.25, 0.3) is 0 Å². The molecule has 1 aromatic carbocycles. The molecule has 0 atom stereocenters. The van der Waals surface area contributed by atoms with E-state index >= 15 is 0 Å². The molecule has 8 heteroatoms. The first-order valence-corrected chi connectivity index (χ1v) is 6.45. The van der Waals surface area contributed by atoms with Gasteiger partial charge in [-0.1, -0.05) is 6.07 Å². The summed E-state index contributed by atoms with van der Waals surface area (Å²) in [4.78, 5) is 0. The van der Waals surface area contributed by atoms with Crippen LogP contribution in [-0.4, -0.2) is 28.4 Å². The Hall–Kier alpha value is -1.86.